The quantitative estimate of drug-likeness (QED) is 0.822. The van der Waals surface area contributed by atoms with Crippen molar-refractivity contribution in [1.29, 1.82) is 0 Å². The fourth-order valence-corrected chi connectivity index (χ4v) is 3.26. The number of carbonyl (C=O) groups excluding carboxylic acids is 1. The molecule has 0 radical (unpaired) electrons. The van der Waals surface area contributed by atoms with Gasteiger partial charge in [-0.15, -0.1) is 0 Å². The number of nitrogens with one attached hydrogen (secondary N) is 1. The Balaban J connectivity index is 2.38. The maximum Gasteiger partial charge on any atom is 0.328 e. The summed E-state index contributed by atoms with van der Waals surface area (Å²) in [6.07, 6.45) is 0. The van der Waals surface area contributed by atoms with Gasteiger partial charge in [0.2, 0.25) is 10.0 Å². The molecule has 2 aromatic rings. The van der Waals surface area contributed by atoms with E-state index in [4.69, 9.17) is 4.74 Å². The van der Waals surface area contributed by atoms with E-state index >= 15 is 0 Å². The second-order valence-electron chi connectivity index (χ2n) is 4.65. The van der Waals surface area contributed by atoms with Crippen LogP contribution in [-0.2, 0) is 19.6 Å². The second-order valence-corrected chi connectivity index (χ2v) is 6.33. The molecule has 122 valence electrons. The molecule has 0 aromatic heterocycles. The summed E-state index contributed by atoms with van der Waals surface area (Å²) in [7, 11) is -4.23. The minimum absolute atomic E-state index is 0.101. The first-order valence-electron chi connectivity index (χ1n) is 6.94. The van der Waals surface area contributed by atoms with Gasteiger partial charge < -0.3 is 4.74 Å². The third-order valence-electron chi connectivity index (χ3n) is 3.05. The number of esters is 1. The third kappa shape index (κ3) is 4.14. The summed E-state index contributed by atoms with van der Waals surface area (Å²) in [5.74, 6) is -1.64. The molecule has 1 unspecified atom stereocenters. The average Bonchev–Trinajstić information content (AvgIpc) is 2.54. The SMILES string of the molecule is CCOC(=O)C(NS(=O)(=O)c1ccccc1F)c1ccccc1. The summed E-state index contributed by atoms with van der Waals surface area (Å²) >= 11 is 0. The van der Waals surface area contributed by atoms with Gasteiger partial charge in [0.05, 0.1) is 6.61 Å². The maximum absolute atomic E-state index is 13.8. The number of carbonyl (C=O) groups is 1. The highest BCUT2D eigenvalue weighted by Crippen LogP contribution is 2.20. The summed E-state index contributed by atoms with van der Waals surface area (Å²) in [6, 6.07) is 11.9. The molecule has 0 amide bonds. The van der Waals surface area contributed by atoms with Crippen molar-refractivity contribution in [3.8, 4) is 0 Å². The van der Waals surface area contributed by atoms with Crippen molar-refractivity contribution >= 4 is 16.0 Å². The minimum Gasteiger partial charge on any atom is -0.465 e. The normalized spacial score (nSPS) is 12.6. The summed E-state index contributed by atoms with van der Waals surface area (Å²) in [4.78, 5) is 11.6. The first-order valence-corrected chi connectivity index (χ1v) is 8.42. The Morgan fingerprint density at radius 2 is 1.74 bits per heavy atom. The van der Waals surface area contributed by atoms with E-state index in [1.807, 2.05) is 0 Å². The molecule has 0 heterocycles. The summed E-state index contributed by atoms with van der Waals surface area (Å²) in [5.41, 5.74) is 0.408. The lowest BCUT2D eigenvalue weighted by Crippen LogP contribution is -2.35. The lowest BCUT2D eigenvalue weighted by atomic mass is 10.1. The Bertz CT molecular complexity index is 778. The Labute approximate surface area is 134 Å². The van der Waals surface area contributed by atoms with Crippen molar-refractivity contribution < 1.29 is 22.3 Å². The van der Waals surface area contributed by atoms with E-state index < -0.39 is 32.7 Å². The van der Waals surface area contributed by atoms with Crippen LogP contribution in [0, 0.1) is 5.82 Å². The first kappa shape index (κ1) is 17.1. The van der Waals surface area contributed by atoms with E-state index in [-0.39, 0.29) is 6.61 Å². The number of hydrogen-bond acceptors (Lipinski definition) is 4. The molecule has 0 saturated heterocycles. The Hall–Kier alpha value is -2.25. The largest absolute Gasteiger partial charge is 0.465 e. The summed E-state index contributed by atoms with van der Waals surface area (Å²) in [5, 5.41) is 0. The molecule has 0 aliphatic carbocycles. The molecule has 1 atom stereocenters. The molecular weight excluding hydrogens is 321 g/mol. The first-order chi connectivity index (χ1) is 11.0. The van der Waals surface area contributed by atoms with E-state index in [9.17, 15) is 17.6 Å². The number of sulfonamides is 1. The predicted molar refractivity (Wildman–Crippen MR) is 82.5 cm³/mol. The van der Waals surface area contributed by atoms with Gasteiger partial charge in [-0.1, -0.05) is 42.5 Å². The van der Waals surface area contributed by atoms with Crippen molar-refractivity contribution in [3.63, 3.8) is 0 Å². The number of halogens is 1. The van der Waals surface area contributed by atoms with Crippen LogP contribution in [0.1, 0.15) is 18.5 Å². The van der Waals surface area contributed by atoms with Crippen LogP contribution in [0.15, 0.2) is 59.5 Å². The van der Waals surface area contributed by atoms with E-state index in [1.165, 1.54) is 12.1 Å². The molecular formula is C16H16FNO4S. The van der Waals surface area contributed by atoms with Gasteiger partial charge in [0.1, 0.15) is 16.8 Å². The van der Waals surface area contributed by atoms with Gasteiger partial charge in [0, 0.05) is 0 Å². The summed E-state index contributed by atoms with van der Waals surface area (Å²) < 4.78 is 45.6. The topological polar surface area (TPSA) is 72.5 Å². The number of ether oxygens (including phenoxy) is 1. The third-order valence-corrected chi connectivity index (χ3v) is 4.51. The van der Waals surface area contributed by atoms with Gasteiger partial charge in [-0.3, -0.25) is 0 Å². The van der Waals surface area contributed by atoms with Crippen LogP contribution < -0.4 is 4.72 Å². The second kappa shape index (κ2) is 7.34. The van der Waals surface area contributed by atoms with Crippen molar-refractivity contribution in [1.82, 2.24) is 4.72 Å². The van der Waals surface area contributed by atoms with Crippen LogP contribution in [0.2, 0.25) is 0 Å². The maximum atomic E-state index is 13.8. The zero-order valence-electron chi connectivity index (χ0n) is 12.4. The lowest BCUT2D eigenvalue weighted by molar-refractivity contribution is -0.145. The van der Waals surface area contributed by atoms with Gasteiger partial charge in [-0.25, -0.2) is 17.6 Å². The van der Waals surface area contributed by atoms with Crippen LogP contribution in [0.5, 0.6) is 0 Å². The van der Waals surface area contributed by atoms with E-state index in [0.717, 1.165) is 12.1 Å². The number of hydrogen-bond donors (Lipinski definition) is 1. The molecule has 0 fully saturated rings. The molecule has 0 spiro atoms. The van der Waals surface area contributed by atoms with E-state index in [2.05, 4.69) is 4.72 Å². The van der Waals surface area contributed by atoms with Crippen LogP contribution in [0.4, 0.5) is 4.39 Å². The molecule has 1 N–H and O–H groups in total. The van der Waals surface area contributed by atoms with Crippen LogP contribution in [0.3, 0.4) is 0 Å². The highest BCUT2D eigenvalue weighted by molar-refractivity contribution is 7.89. The zero-order valence-corrected chi connectivity index (χ0v) is 13.2. The van der Waals surface area contributed by atoms with E-state index in [0.29, 0.717) is 5.56 Å². The molecule has 5 nitrogen and oxygen atoms in total. The van der Waals surface area contributed by atoms with Crippen molar-refractivity contribution in [2.45, 2.75) is 17.9 Å². The Morgan fingerprint density at radius 1 is 1.13 bits per heavy atom. The van der Waals surface area contributed by atoms with E-state index in [1.54, 1.807) is 37.3 Å². The molecule has 0 saturated carbocycles. The molecule has 0 aliphatic heterocycles. The van der Waals surface area contributed by atoms with Gasteiger partial charge >= 0.3 is 5.97 Å². The van der Waals surface area contributed by atoms with Crippen molar-refractivity contribution in [2.24, 2.45) is 0 Å². The smallest absolute Gasteiger partial charge is 0.328 e. The van der Waals surface area contributed by atoms with Gasteiger partial charge in [0.25, 0.3) is 0 Å². The highest BCUT2D eigenvalue weighted by atomic mass is 32.2. The monoisotopic (exact) mass is 337 g/mol. The van der Waals surface area contributed by atoms with Crippen molar-refractivity contribution in [3.05, 3.63) is 66.0 Å². The number of rotatable bonds is 6. The Kier molecular flexibility index (Phi) is 5.46. The Morgan fingerprint density at radius 3 is 2.35 bits per heavy atom. The summed E-state index contributed by atoms with van der Waals surface area (Å²) in [6.45, 7) is 1.72. The minimum atomic E-state index is -4.23. The number of benzene rings is 2. The molecule has 0 bridgehead atoms. The fourth-order valence-electron chi connectivity index (χ4n) is 2.00. The van der Waals surface area contributed by atoms with Crippen LogP contribution in [0.25, 0.3) is 0 Å². The zero-order chi connectivity index (χ0) is 16.9. The van der Waals surface area contributed by atoms with Gasteiger partial charge in [-0.2, -0.15) is 4.72 Å². The molecule has 7 heteroatoms. The average molecular weight is 337 g/mol. The lowest BCUT2D eigenvalue weighted by Gasteiger charge is -2.18. The van der Waals surface area contributed by atoms with Crippen molar-refractivity contribution in [2.75, 3.05) is 6.61 Å². The van der Waals surface area contributed by atoms with Crippen LogP contribution in [-0.4, -0.2) is 21.0 Å². The van der Waals surface area contributed by atoms with Crippen LogP contribution >= 0.6 is 0 Å². The van der Waals surface area contributed by atoms with Gasteiger partial charge in [-0.05, 0) is 24.6 Å². The standard InChI is InChI=1S/C16H16FNO4S/c1-2-22-16(19)15(12-8-4-3-5-9-12)18-23(20,21)14-11-7-6-10-13(14)17/h3-11,15,18H,2H2,1H3. The molecule has 2 aromatic carbocycles. The molecule has 23 heavy (non-hydrogen) atoms. The fraction of sp³-hybridized carbons (Fsp3) is 0.188. The molecule has 2 rings (SSSR count). The highest BCUT2D eigenvalue weighted by Gasteiger charge is 2.29. The molecule has 0 aliphatic rings. The van der Waals surface area contributed by atoms with Gasteiger partial charge in [0.15, 0.2) is 0 Å². The predicted octanol–water partition coefficient (Wildman–Crippen LogP) is 2.41.